The molecule has 0 aliphatic rings. The standard InChI is InChI=1S/C8H10O.C5H9NO2/c9-7-6-8-4-2-1-3-5-8;7-4-2-1-3-6-5-8/h1-5,9H,6-7H2;4-5H,1-3H2,(H,6,8). The number of benzene rings is 1. The molecule has 0 radical (unpaired) electrons. The minimum absolute atomic E-state index is 0.240. The molecule has 17 heavy (non-hydrogen) atoms. The lowest BCUT2D eigenvalue weighted by Gasteiger charge is -1.93. The van der Waals surface area contributed by atoms with Crippen molar-refractivity contribution >= 4 is 12.7 Å². The quantitative estimate of drug-likeness (QED) is 0.547. The maximum atomic E-state index is 9.65. The normalized spacial score (nSPS) is 8.76. The lowest BCUT2D eigenvalue weighted by atomic mass is 10.2. The maximum absolute atomic E-state index is 9.65. The largest absolute Gasteiger partial charge is 0.396 e. The summed E-state index contributed by atoms with van der Waals surface area (Å²) in [6, 6.07) is 9.95. The van der Waals surface area contributed by atoms with Crippen LogP contribution >= 0.6 is 0 Å². The molecule has 0 aliphatic heterocycles. The first-order valence-electron chi connectivity index (χ1n) is 5.60. The van der Waals surface area contributed by atoms with Gasteiger partial charge in [-0.25, -0.2) is 0 Å². The predicted molar refractivity (Wildman–Crippen MR) is 66.6 cm³/mol. The second kappa shape index (κ2) is 12.4. The predicted octanol–water partition coefficient (Wildman–Crippen LogP) is 0.933. The van der Waals surface area contributed by atoms with E-state index in [1.807, 2.05) is 30.3 Å². The SMILES string of the molecule is O=CCCCNC=O.OCCc1ccccc1. The van der Waals surface area contributed by atoms with Crippen LogP contribution in [-0.2, 0) is 16.0 Å². The fourth-order valence-electron chi connectivity index (χ4n) is 1.12. The molecule has 1 aromatic rings. The fourth-order valence-corrected chi connectivity index (χ4v) is 1.12. The highest BCUT2D eigenvalue weighted by Gasteiger charge is 1.85. The molecule has 2 N–H and O–H groups in total. The summed E-state index contributed by atoms with van der Waals surface area (Å²) in [6.07, 6.45) is 3.50. The summed E-state index contributed by atoms with van der Waals surface area (Å²) in [5.74, 6) is 0. The second-order valence-corrected chi connectivity index (χ2v) is 3.34. The third kappa shape index (κ3) is 10.6. The zero-order valence-corrected chi connectivity index (χ0v) is 9.84. The molecule has 1 aromatic carbocycles. The van der Waals surface area contributed by atoms with Crippen molar-refractivity contribution < 1.29 is 14.7 Å². The van der Waals surface area contributed by atoms with Crippen LogP contribution in [0.5, 0.6) is 0 Å². The molecule has 0 fully saturated rings. The topological polar surface area (TPSA) is 66.4 Å². The van der Waals surface area contributed by atoms with Crippen LogP contribution in [0.1, 0.15) is 18.4 Å². The van der Waals surface area contributed by atoms with E-state index in [4.69, 9.17) is 5.11 Å². The van der Waals surface area contributed by atoms with Gasteiger partial charge in [0.2, 0.25) is 6.41 Å². The number of carbonyl (C=O) groups excluding carboxylic acids is 2. The Kier molecular flexibility index (Phi) is 11.2. The van der Waals surface area contributed by atoms with Crippen LogP contribution in [0.25, 0.3) is 0 Å². The van der Waals surface area contributed by atoms with Gasteiger partial charge >= 0.3 is 0 Å². The van der Waals surface area contributed by atoms with Gasteiger partial charge in [-0.15, -0.1) is 0 Å². The molecule has 94 valence electrons. The molecular weight excluding hydrogens is 218 g/mol. The number of nitrogens with one attached hydrogen (secondary N) is 1. The van der Waals surface area contributed by atoms with Crippen LogP contribution in [0.15, 0.2) is 30.3 Å². The Bertz CT molecular complexity index is 278. The molecule has 1 rings (SSSR count). The Morgan fingerprint density at radius 2 is 1.88 bits per heavy atom. The van der Waals surface area contributed by atoms with Crippen LogP contribution < -0.4 is 5.32 Å². The zero-order chi connectivity index (χ0) is 12.8. The molecule has 0 saturated heterocycles. The average Bonchev–Trinajstić information content (AvgIpc) is 2.37. The average molecular weight is 237 g/mol. The summed E-state index contributed by atoms with van der Waals surface area (Å²) in [6.45, 7) is 0.840. The van der Waals surface area contributed by atoms with Crippen molar-refractivity contribution in [3.63, 3.8) is 0 Å². The monoisotopic (exact) mass is 237 g/mol. The van der Waals surface area contributed by atoms with E-state index in [0.29, 0.717) is 19.4 Å². The highest BCUT2D eigenvalue weighted by molar-refractivity contribution is 5.49. The van der Waals surface area contributed by atoms with Gasteiger partial charge < -0.3 is 15.2 Å². The molecule has 0 heterocycles. The Morgan fingerprint density at radius 1 is 1.18 bits per heavy atom. The summed E-state index contributed by atoms with van der Waals surface area (Å²) in [5, 5.41) is 11.0. The number of aliphatic hydroxyl groups excluding tert-OH is 1. The third-order valence-electron chi connectivity index (χ3n) is 1.97. The van der Waals surface area contributed by atoms with Gasteiger partial charge in [0.05, 0.1) is 0 Å². The van der Waals surface area contributed by atoms with Crippen molar-refractivity contribution in [2.75, 3.05) is 13.2 Å². The fraction of sp³-hybridized carbons (Fsp3) is 0.385. The summed E-state index contributed by atoms with van der Waals surface area (Å²) in [5.41, 5.74) is 1.19. The van der Waals surface area contributed by atoms with Crippen molar-refractivity contribution in [1.82, 2.24) is 5.32 Å². The van der Waals surface area contributed by atoms with Gasteiger partial charge in [-0.3, -0.25) is 4.79 Å². The number of aldehydes is 1. The summed E-state index contributed by atoms with van der Waals surface area (Å²) >= 11 is 0. The van der Waals surface area contributed by atoms with E-state index in [2.05, 4.69) is 5.32 Å². The first kappa shape index (κ1) is 15.3. The van der Waals surface area contributed by atoms with E-state index in [1.54, 1.807) is 0 Å². The number of unbranched alkanes of at least 4 members (excludes halogenated alkanes) is 1. The van der Waals surface area contributed by atoms with Crippen LogP contribution in [0.3, 0.4) is 0 Å². The summed E-state index contributed by atoms with van der Waals surface area (Å²) < 4.78 is 0. The molecule has 4 nitrogen and oxygen atoms in total. The van der Waals surface area contributed by atoms with E-state index in [-0.39, 0.29) is 6.61 Å². The summed E-state index contributed by atoms with van der Waals surface area (Å²) in [7, 11) is 0. The van der Waals surface area contributed by atoms with Crippen molar-refractivity contribution in [1.29, 1.82) is 0 Å². The molecule has 1 amide bonds. The van der Waals surface area contributed by atoms with Gasteiger partial charge in [0.1, 0.15) is 6.29 Å². The van der Waals surface area contributed by atoms with E-state index < -0.39 is 0 Å². The smallest absolute Gasteiger partial charge is 0.207 e. The molecule has 0 spiro atoms. The molecule has 4 heteroatoms. The van der Waals surface area contributed by atoms with Gasteiger partial charge in [0, 0.05) is 19.6 Å². The molecule has 0 bridgehead atoms. The van der Waals surface area contributed by atoms with Crippen LogP contribution in [0.2, 0.25) is 0 Å². The zero-order valence-electron chi connectivity index (χ0n) is 9.84. The number of amides is 1. The molecule has 0 atom stereocenters. The maximum Gasteiger partial charge on any atom is 0.207 e. The number of hydrogen-bond acceptors (Lipinski definition) is 3. The Balaban J connectivity index is 0.000000304. The second-order valence-electron chi connectivity index (χ2n) is 3.34. The van der Waals surface area contributed by atoms with Gasteiger partial charge in [-0.2, -0.15) is 0 Å². The Morgan fingerprint density at radius 3 is 2.41 bits per heavy atom. The van der Waals surface area contributed by atoms with E-state index in [1.165, 1.54) is 5.56 Å². The molecule has 0 aliphatic carbocycles. The van der Waals surface area contributed by atoms with Crippen molar-refractivity contribution in [2.45, 2.75) is 19.3 Å². The van der Waals surface area contributed by atoms with Gasteiger partial charge in [-0.1, -0.05) is 30.3 Å². The number of aliphatic hydroxyl groups is 1. The lowest BCUT2D eigenvalue weighted by Crippen LogP contribution is -2.11. The van der Waals surface area contributed by atoms with Crippen LogP contribution in [-0.4, -0.2) is 31.0 Å². The first-order valence-corrected chi connectivity index (χ1v) is 5.60. The van der Waals surface area contributed by atoms with Crippen molar-refractivity contribution in [3.05, 3.63) is 35.9 Å². The van der Waals surface area contributed by atoms with E-state index in [9.17, 15) is 9.59 Å². The van der Waals surface area contributed by atoms with Crippen molar-refractivity contribution in [3.8, 4) is 0 Å². The third-order valence-corrected chi connectivity index (χ3v) is 1.97. The molecule has 0 saturated carbocycles. The van der Waals surface area contributed by atoms with Crippen molar-refractivity contribution in [2.24, 2.45) is 0 Å². The lowest BCUT2D eigenvalue weighted by molar-refractivity contribution is -0.110. The summed E-state index contributed by atoms with van der Waals surface area (Å²) in [4.78, 5) is 19.2. The van der Waals surface area contributed by atoms with Crippen LogP contribution in [0, 0.1) is 0 Å². The molecule has 0 unspecified atom stereocenters. The highest BCUT2D eigenvalue weighted by Crippen LogP contribution is 1.97. The highest BCUT2D eigenvalue weighted by atomic mass is 16.3. The number of carbonyl (C=O) groups is 2. The Labute approximate surface area is 102 Å². The molecular formula is C13H19NO3. The minimum Gasteiger partial charge on any atom is -0.396 e. The molecule has 0 aromatic heterocycles. The minimum atomic E-state index is 0.240. The van der Waals surface area contributed by atoms with Crippen LogP contribution in [0.4, 0.5) is 0 Å². The van der Waals surface area contributed by atoms with Gasteiger partial charge in [0.15, 0.2) is 0 Å². The number of hydrogen-bond donors (Lipinski definition) is 2. The Hall–Kier alpha value is -1.68. The number of rotatable bonds is 7. The van der Waals surface area contributed by atoms with E-state index >= 15 is 0 Å². The van der Waals surface area contributed by atoms with Gasteiger partial charge in [-0.05, 0) is 18.4 Å². The van der Waals surface area contributed by atoms with Gasteiger partial charge in [0.25, 0.3) is 0 Å². The van der Waals surface area contributed by atoms with E-state index in [0.717, 1.165) is 19.1 Å². The first-order chi connectivity index (χ1) is 8.35.